The molecule has 16 heavy (non-hydrogen) atoms. The number of hydrogen-bond donors (Lipinski definition) is 0. The third kappa shape index (κ3) is 3.05. The predicted octanol–water partition coefficient (Wildman–Crippen LogP) is 2.61. The highest BCUT2D eigenvalue weighted by atomic mass is 16.6. The maximum absolute atomic E-state index is 11.2. The fourth-order valence-electron chi connectivity index (χ4n) is 1.23. The van der Waals surface area contributed by atoms with Gasteiger partial charge in [0.05, 0.1) is 4.92 Å². The van der Waals surface area contributed by atoms with Crippen LogP contribution in [-0.4, -0.2) is 10.9 Å². The van der Waals surface area contributed by atoms with E-state index in [2.05, 4.69) is 0 Å². The number of nitro groups is 1. The zero-order chi connectivity index (χ0) is 12.1. The molecule has 0 saturated carbocycles. The third-order valence-electron chi connectivity index (χ3n) is 1.99. The second-order valence-corrected chi connectivity index (χ2v) is 3.45. The van der Waals surface area contributed by atoms with Crippen molar-refractivity contribution in [3.63, 3.8) is 0 Å². The van der Waals surface area contributed by atoms with E-state index in [0.717, 1.165) is 5.56 Å². The number of nitro benzene ring substituents is 1. The minimum absolute atomic E-state index is 0.00838. The van der Waals surface area contributed by atoms with E-state index in [4.69, 9.17) is 4.74 Å². The quantitative estimate of drug-likeness (QED) is 0.340. The summed E-state index contributed by atoms with van der Waals surface area (Å²) in [6, 6.07) is 4.50. The van der Waals surface area contributed by atoms with Gasteiger partial charge in [0.1, 0.15) is 0 Å². The Kier molecular flexibility index (Phi) is 3.99. The number of carbonyl (C=O) groups excluding carboxylic acids is 1. The molecule has 0 spiro atoms. The maximum Gasteiger partial charge on any atom is 0.311 e. The van der Waals surface area contributed by atoms with Crippen LogP contribution in [-0.2, 0) is 4.79 Å². The first-order valence-electron chi connectivity index (χ1n) is 5.00. The number of benzene rings is 1. The fourth-order valence-corrected chi connectivity index (χ4v) is 1.23. The van der Waals surface area contributed by atoms with Gasteiger partial charge in [-0.1, -0.05) is 13.0 Å². The number of nitrogens with zero attached hydrogens (tertiary/aromatic N) is 1. The summed E-state index contributed by atoms with van der Waals surface area (Å²) < 4.78 is 4.92. The smallest absolute Gasteiger partial charge is 0.311 e. The van der Waals surface area contributed by atoms with Crippen LogP contribution >= 0.6 is 0 Å². The lowest BCUT2D eigenvalue weighted by Crippen LogP contribution is -2.08. The molecule has 0 heterocycles. The lowest BCUT2D eigenvalue weighted by atomic mass is 10.2. The van der Waals surface area contributed by atoms with Crippen molar-refractivity contribution in [2.75, 3.05) is 0 Å². The Morgan fingerprint density at radius 1 is 1.50 bits per heavy atom. The molecule has 0 aliphatic carbocycles. The molecule has 0 radical (unpaired) electrons. The second-order valence-electron chi connectivity index (χ2n) is 3.45. The number of esters is 1. The van der Waals surface area contributed by atoms with Gasteiger partial charge in [0.2, 0.25) is 5.75 Å². The summed E-state index contributed by atoms with van der Waals surface area (Å²) in [7, 11) is 0. The van der Waals surface area contributed by atoms with Crippen molar-refractivity contribution in [3.8, 4) is 5.75 Å². The van der Waals surface area contributed by atoms with Crippen LogP contribution < -0.4 is 4.74 Å². The van der Waals surface area contributed by atoms with Crippen molar-refractivity contribution >= 4 is 11.7 Å². The van der Waals surface area contributed by atoms with Gasteiger partial charge in [0.15, 0.2) is 0 Å². The van der Waals surface area contributed by atoms with E-state index < -0.39 is 10.9 Å². The first-order valence-corrected chi connectivity index (χ1v) is 5.00. The topological polar surface area (TPSA) is 69.4 Å². The minimum atomic E-state index is -0.554. The van der Waals surface area contributed by atoms with Crippen molar-refractivity contribution in [3.05, 3.63) is 33.9 Å². The van der Waals surface area contributed by atoms with E-state index in [9.17, 15) is 14.9 Å². The van der Waals surface area contributed by atoms with E-state index in [-0.39, 0.29) is 17.9 Å². The van der Waals surface area contributed by atoms with E-state index in [1.54, 1.807) is 13.0 Å². The Morgan fingerprint density at radius 3 is 2.75 bits per heavy atom. The molecule has 0 aliphatic heterocycles. The zero-order valence-electron chi connectivity index (χ0n) is 9.23. The molecule has 5 nitrogen and oxygen atoms in total. The highest BCUT2D eigenvalue weighted by Crippen LogP contribution is 2.28. The highest BCUT2D eigenvalue weighted by molar-refractivity contribution is 5.73. The van der Waals surface area contributed by atoms with Gasteiger partial charge < -0.3 is 4.74 Å². The van der Waals surface area contributed by atoms with Crippen molar-refractivity contribution in [1.82, 2.24) is 0 Å². The predicted molar refractivity (Wildman–Crippen MR) is 58.4 cm³/mol. The molecule has 0 unspecified atom stereocenters. The number of hydrogen-bond acceptors (Lipinski definition) is 4. The summed E-state index contributed by atoms with van der Waals surface area (Å²) >= 11 is 0. The van der Waals surface area contributed by atoms with Crippen molar-refractivity contribution in [1.29, 1.82) is 0 Å². The van der Waals surface area contributed by atoms with Crippen LogP contribution in [0.3, 0.4) is 0 Å². The average Bonchev–Trinajstić information content (AvgIpc) is 2.20. The van der Waals surface area contributed by atoms with E-state index >= 15 is 0 Å². The molecule has 0 amide bonds. The molecule has 0 aliphatic rings. The Bertz CT molecular complexity index is 414. The molecular formula is C11H13NO4. The maximum atomic E-state index is 11.2. The first-order chi connectivity index (χ1) is 7.54. The molecule has 0 aromatic heterocycles. The molecule has 86 valence electrons. The van der Waals surface area contributed by atoms with Gasteiger partial charge >= 0.3 is 11.7 Å². The van der Waals surface area contributed by atoms with Crippen molar-refractivity contribution in [2.45, 2.75) is 26.7 Å². The molecule has 1 aromatic rings. The lowest BCUT2D eigenvalue weighted by molar-refractivity contribution is -0.385. The van der Waals surface area contributed by atoms with Gasteiger partial charge in [-0.3, -0.25) is 14.9 Å². The van der Waals surface area contributed by atoms with Crippen molar-refractivity contribution in [2.24, 2.45) is 0 Å². The van der Waals surface area contributed by atoms with Crippen LogP contribution in [0.2, 0.25) is 0 Å². The summed E-state index contributed by atoms with van der Waals surface area (Å²) in [4.78, 5) is 21.4. The van der Waals surface area contributed by atoms with Crippen LogP contribution in [0.15, 0.2) is 18.2 Å². The zero-order valence-corrected chi connectivity index (χ0v) is 9.23. The van der Waals surface area contributed by atoms with Crippen LogP contribution in [0.25, 0.3) is 0 Å². The molecule has 5 heteroatoms. The molecular weight excluding hydrogens is 210 g/mol. The van der Waals surface area contributed by atoms with Gasteiger partial charge in [-0.05, 0) is 25.0 Å². The van der Waals surface area contributed by atoms with Gasteiger partial charge in [0.25, 0.3) is 0 Å². The summed E-state index contributed by atoms with van der Waals surface area (Å²) in [5, 5.41) is 10.7. The Balaban J connectivity index is 2.95. The number of ether oxygens (including phenoxy) is 1. The molecule has 0 atom stereocenters. The SMILES string of the molecule is CCCC(=O)Oc1ccc(C)cc1[N+](=O)[O-]. The van der Waals surface area contributed by atoms with Crippen LogP contribution in [0.1, 0.15) is 25.3 Å². The summed E-state index contributed by atoms with van der Waals surface area (Å²) in [6.07, 6.45) is 0.906. The summed E-state index contributed by atoms with van der Waals surface area (Å²) in [5.41, 5.74) is 0.575. The van der Waals surface area contributed by atoms with Crippen LogP contribution in [0.5, 0.6) is 5.75 Å². The molecule has 0 bridgehead atoms. The monoisotopic (exact) mass is 223 g/mol. The Hall–Kier alpha value is -1.91. The van der Waals surface area contributed by atoms with E-state index in [0.29, 0.717) is 6.42 Å². The number of carbonyl (C=O) groups is 1. The van der Waals surface area contributed by atoms with Gasteiger partial charge in [-0.25, -0.2) is 0 Å². The van der Waals surface area contributed by atoms with Gasteiger partial charge in [-0.15, -0.1) is 0 Å². The second kappa shape index (κ2) is 5.25. The standard InChI is InChI=1S/C11H13NO4/c1-3-4-11(13)16-10-6-5-8(2)7-9(10)12(14)15/h5-7H,3-4H2,1-2H3. The van der Waals surface area contributed by atoms with Crippen LogP contribution in [0, 0.1) is 17.0 Å². The lowest BCUT2D eigenvalue weighted by Gasteiger charge is -2.04. The molecule has 1 rings (SSSR count). The fraction of sp³-hybridized carbons (Fsp3) is 0.364. The van der Waals surface area contributed by atoms with Crippen molar-refractivity contribution < 1.29 is 14.5 Å². The molecule has 0 N–H and O–H groups in total. The number of rotatable bonds is 4. The van der Waals surface area contributed by atoms with E-state index in [1.807, 2.05) is 6.92 Å². The summed E-state index contributed by atoms with van der Waals surface area (Å²) in [5.74, 6) is -0.441. The largest absolute Gasteiger partial charge is 0.419 e. The molecule has 0 saturated heterocycles. The van der Waals surface area contributed by atoms with Crippen LogP contribution in [0.4, 0.5) is 5.69 Å². The Labute approximate surface area is 93.2 Å². The number of aryl methyl sites for hydroxylation is 1. The summed E-state index contributed by atoms with van der Waals surface area (Å²) in [6.45, 7) is 3.58. The highest BCUT2D eigenvalue weighted by Gasteiger charge is 2.17. The minimum Gasteiger partial charge on any atom is -0.419 e. The van der Waals surface area contributed by atoms with Gasteiger partial charge in [-0.2, -0.15) is 0 Å². The molecule has 0 fully saturated rings. The first kappa shape index (κ1) is 12.2. The Morgan fingerprint density at radius 2 is 2.19 bits per heavy atom. The molecule has 1 aromatic carbocycles. The normalized spacial score (nSPS) is 9.88. The van der Waals surface area contributed by atoms with Gasteiger partial charge in [0, 0.05) is 12.5 Å². The average molecular weight is 223 g/mol. The van der Waals surface area contributed by atoms with E-state index in [1.165, 1.54) is 12.1 Å². The third-order valence-corrected chi connectivity index (χ3v) is 1.99.